The first kappa shape index (κ1) is 24.2. The van der Waals surface area contributed by atoms with Crippen LogP contribution in [0.5, 0.6) is 0 Å². The van der Waals surface area contributed by atoms with Crippen molar-refractivity contribution < 1.29 is 23.9 Å². The highest BCUT2D eigenvalue weighted by Gasteiger charge is 2.38. The highest BCUT2D eigenvalue weighted by molar-refractivity contribution is 6.44. The van der Waals surface area contributed by atoms with E-state index in [0.717, 1.165) is 4.90 Å². The van der Waals surface area contributed by atoms with Crippen LogP contribution >= 0.6 is 46.4 Å². The normalized spacial score (nSPS) is 12.7. The molecule has 0 atom stereocenters. The topological polar surface area (TPSA) is 80.8 Å². The molecular weight excluding hydrogens is 524 g/mol. The number of halogens is 4. The van der Waals surface area contributed by atoms with Crippen molar-refractivity contribution in [1.29, 1.82) is 0 Å². The van der Waals surface area contributed by atoms with E-state index in [1.807, 2.05) is 0 Å². The molecule has 1 aliphatic rings. The summed E-state index contributed by atoms with van der Waals surface area (Å²) in [6, 6.07) is 11.4. The molecule has 2 amide bonds. The van der Waals surface area contributed by atoms with E-state index < -0.39 is 30.2 Å². The number of carbonyl (C=O) groups excluding carboxylic acids is 4. The van der Waals surface area contributed by atoms with E-state index in [1.165, 1.54) is 42.5 Å². The number of ether oxygens (including phenoxy) is 1. The van der Waals surface area contributed by atoms with Crippen LogP contribution in [-0.2, 0) is 4.74 Å². The lowest BCUT2D eigenvalue weighted by Gasteiger charge is -2.17. The molecule has 0 saturated heterocycles. The molecular formula is C24H13Cl4NO5. The fourth-order valence-corrected chi connectivity index (χ4v) is 4.02. The van der Waals surface area contributed by atoms with Crippen molar-refractivity contribution in [2.75, 3.05) is 11.5 Å². The summed E-state index contributed by atoms with van der Waals surface area (Å²) >= 11 is 23.8. The second-order valence-corrected chi connectivity index (χ2v) is 9.02. The predicted molar refractivity (Wildman–Crippen MR) is 130 cm³/mol. The molecule has 0 bridgehead atoms. The molecule has 0 fully saturated rings. The molecule has 6 nitrogen and oxygen atoms in total. The molecule has 0 saturated carbocycles. The molecule has 3 aromatic rings. The van der Waals surface area contributed by atoms with Crippen LogP contribution in [0.4, 0.5) is 5.69 Å². The number of esters is 1. The number of fused-ring (bicyclic) bond motifs is 1. The Morgan fingerprint density at radius 2 is 1.32 bits per heavy atom. The molecule has 0 unspecified atom stereocenters. The lowest BCUT2D eigenvalue weighted by atomic mass is 10.1. The van der Waals surface area contributed by atoms with Gasteiger partial charge < -0.3 is 4.74 Å². The van der Waals surface area contributed by atoms with Gasteiger partial charge in [0.05, 0.1) is 42.5 Å². The van der Waals surface area contributed by atoms with Gasteiger partial charge in [0, 0.05) is 5.56 Å². The predicted octanol–water partition coefficient (Wildman–Crippen LogP) is 6.45. The van der Waals surface area contributed by atoms with Crippen molar-refractivity contribution in [3.8, 4) is 0 Å². The minimum atomic E-state index is -0.808. The maximum Gasteiger partial charge on any atom is 0.338 e. The van der Waals surface area contributed by atoms with Gasteiger partial charge in [0.25, 0.3) is 11.8 Å². The van der Waals surface area contributed by atoms with Gasteiger partial charge in [0.15, 0.2) is 12.4 Å². The van der Waals surface area contributed by atoms with Gasteiger partial charge in [-0.2, -0.15) is 0 Å². The first-order valence-electron chi connectivity index (χ1n) is 9.72. The monoisotopic (exact) mass is 535 g/mol. The third-order valence-corrected chi connectivity index (χ3v) is 6.65. The molecule has 1 heterocycles. The maximum absolute atomic E-state index is 13.0. The second-order valence-electron chi connectivity index (χ2n) is 7.39. The molecule has 0 aromatic heterocycles. The minimum absolute atomic E-state index is 0.0511. The molecule has 10 heteroatoms. The van der Waals surface area contributed by atoms with Crippen molar-refractivity contribution >= 4 is 75.7 Å². The van der Waals surface area contributed by atoms with Gasteiger partial charge in [0.2, 0.25) is 0 Å². The van der Waals surface area contributed by atoms with Gasteiger partial charge in [-0.15, -0.1) is 0 Å². The van der Waals surface area contributed by atoms with E-state index in [4.69, 9.17) is 51.1 Å². The minimum Gasteiger partial charge on any atom is -0.454 e. The molecule has 3 aromatic carbocycles. The second kappa shape index (κ2) is 9.39. The van der Waals surface area contributed by atoms with Gasteiger partial charge in [-0.25, -0.2) is 9.69 Å². The standard InChI is InChI=1S/C24H13Cl4NO5/c1-11-2-3-13(24(33)34-10-21(30)12-4-5-16(25)17(26)6-12)7-20(11)29-22(31)14-8-18(27)19(28)9-15(14)23(29)32/h2-9H,10H2,1H3. The van der Waals surface area contributed by atoms with E-state index in [1.54, 1.807) is 13.0 Å². The van der Waals surface area contributed by atoms with Gasteiger partial charge in [0.1, 0.15) is 0 Å². The molecule has 0 aliphatic carbocycles. The molecule has 1 aliphatic heterocycles. The highest BCUT2D eigenvalue weighted by atomic mass is 35.5. The van der Waals surface area contributed by atoms with Crippen LogP contribution in [0.1, 0.15) is 47.0 Å². The molecule has 0 N–H and O–H groups in total. The average Bonchev–Trinajstić information content (AvgIpc) is 3.03. The fourth-order valence-electron chi connectivity index (χ4n) is 3.40. The Balaban J connectivity index is 1.56. The Labute approximate surface area is 213 Å². The number of hydrogen-bond donors (Lipinski definition) is 0. The quantitative estimate of drug-likeness (QED) is 0.212. The number of Topliss-reactive ketones (excluding diaryl/α,β-unsaturated/α-hetero) is 1. The van der Waals surface area contributed by atoms with Crippen molar-refractivity contribution in [3.05, 3.63) is 96.4 Å². The van der Waals surface area contributed by atoms with Crippen LogP contribution in [0.2, 0.25) is 20.1 Å². The first-order valence-corrected chi connectivity index (χ1v) is 11.2. The SMILES string of the molecule is Cc1ccc(C(=O)OCC(=O)c2ccc(Cl)c(Cl)c2)cc1N1C(=O)c2cc(Cl)c(Cl)cc2C1=O. The molecule has 34 heavy (non-hydrogen) atoms. The summed E-state index contributed by atoms with van der Waals surface area (Å²) < 4.78 is 5.13. The number of amides is 2. The highest BCUT2D eigenvalue weighted by Crippen LogP contribution is 2.35. The smallest absolute Gasteiger partial charge is 0.338 e. The van der Waals surface area contributed by atoms with Gasteiger partial charge in [-0.05, 0) is 55.0 Å². The van der Waals surface area contributed by atoms with Crippen LogP contribution in [0, 0.1) is 6.92 Å². The summed E-state index contributed by atoms with van der Waals surface area (Å²) in [6.07, 6.45) is 0. The number of hydrogen-bond acceptors (Lipinski definition) is 5. The van der Waals surface area contributed by atoms with Crippen LogP contribution in [0.3, 0.4) is 0 Å². The Kier molecular flexibility index (Phi) is 6.69. The summed E-state index contributed by atoms with van der Waals surface area (Å²) in [5, 5.41) is 0.777. The first-order chi connectivity index (χ1) is 16.1. The number of nitrogens with zero attached hydrogens (tertiary/aromatic N) is 1. The number of aryl methyl sites for hydroxylation is 1. The molecule has 172 valence electrons. The van der Waals surface area contributed by atoms with Gasteiger partial charge in [-0.3, -0.25) is 14.4 Å². The molecule has 0 spiro atoms. The Bertz CT molecular complexity index is 1360. The number of ketones is 1. The van der Waals surface area contributed by atoms with E-state index in [2.05, 4.69) is 0 Å². The van der Waals surface area contributed by atoms with E-state index >= 15 is 0 Å². The van der Waals surface area contributed by atoms with E-state index in [-0.39, 0.29) is 43.0 Å². The van der Waals surface area contributed by atoms with Crippen molar-refractivity contribution in [2.24, 2.45) is 0 Å². The Morgan fingerprint density at radius 1 is 0.765 bits per heavy atom. The zero-order valence-electron chi connectivity index (χ0n) is 17.3. The molecule has 0 radical (unpaired) electrons. The van der Waals surface area contributed by atoms with Crippen molar-refractivity contribution in [2.45, 2.75) is 6.92 Å². The van der Waals surface area contributed by atoms with Crippen LogP contribution < -0.4 is 4.90 Å². The lowest BCUT2D eigenvalue weighted by Crippen LogP contribution is -2.30. The largest absolute Gasteiger partial charge is 0.454 e. The average molecular weight is 537 g/mol. The third kappa shape index (κ3) is 4.42. The maximum atomic E-state index is 13.0. The Hall–Kier alpha value is -2.90. The Morgan fingerprint density at radius 3 is 1.91 bits per heavy atom. The zero-order chi connectivity index (χ0) is 24.7. The number of carbonyl (C=O) groups is 4. The van der Waals surface area contributed by atoms with E-state index in [0.29, 0.717) is 10.6 Å². The fraction of sp³-hybridized carbons (Fsp3) is 0.0833. The number of anilines is 1. The van der Waals surface area contributed by atoms with Crippen molar-refractivity contribution in [1.82, 2.24) is 0 Å². The van der Waals surface area contributed by atoms with E-state index in [9.17, 15) is 19.2 Å². The van der Waals surface area contributed by atoms with Crippen LogP contribution in [-0.4, -0.2) is 30.2 Å². The molecule has 4 rings (SSSR count). The number of rotatable bonds is 5. The number of benzene rings is 3. The van der Waals surface area contributed by atoms with Crippen molar-refractivity contribution in [3.63, 3.8) is 0 Å². The summed E-state index contributed by atoms with van der Waals surface area (Å²) in [5.41, 5.74) is 1.27. The van der Waals surface area contributed by atoms with Crippen LogP contribution in [0.15, 0.2) is 48.5 Å². The van der Waals surface area contributed by atoms with Gasteiger partial charge >= 0.3 is 5.97 Å². The summed E-state index contributed by atoms with van der Waals surface area (Å²) in [7, 11) is 0. The summed E-state index contributed by atoms with van der Waals surface area (Å²) in [5.74, 6) is -2.48. The zero-order valence-corrected chi connectivity index (χ0v) is 20.3. The van der Waals surface area contributed by atoms with Gasteiger partial charge in [-0.1, -0.05) is 52.5 Å². The summed E-state index contributed by atoms with van der Waals surface area (Å²) in [4.78, 5) is 51.8. The number of imide groups is 1. The van der Waals surface area contributed by atoms with Crippen LogP contribution in [0.25, 0.3) is 0 Å². The lowest BCUT2D eigenvalue weighted by molar-refractivity contribution is 0.0474. The third-order valence-electron chi connectivity index (χ3n) is 5.19. The summed E-state index contributed by atoms with van der Waals surface area (Å²) in [6.45, 7) is 1.14.